The summed E-state index contributed by atoms with van der Waals surface area (Å²) in [7, 11) is 0. The Balaban J connectivity index is 4.21. The van der Waals surface area contributed by atoms with Crippen molar-refractivity contribution in [1.29, 1.82) is 0 Å². The number of carboxylic acid groups (broad SMARTS) is 1. The first-order chi connectivity index (χ1) is 9.86. The van der Waals surface area contributed by atoms with E-state index in [0.29, 0.717) is 6.42 Å². The quantitative estimate of drug-likeness (QED) is 0.274. The number of ether oxygens (including phenoxy) is 1. The molecule has 0 rings (SSSR count). The van der Waals surface area contributed by atoms with Crippen molar-refractivity contribution in [3.63, 3.8) is 0 Å². The summed E-state index contributed by atoms with van der Waals surface area (Å²) >= 11 is 0. The molecule has 118 valence electrons. The van der Waals surface area contributed by atoms with Crippen molar-refractivity contribution in [1.82, 2.24) is 0 Å². The van der Waals surface area contributed by atoms with E-state index in [0.717, 1.165) is 12.0 Å². The van der Waals surface area contributed by atoms with Gasteiger partial charge in [0.05, 0.1) is 18.9 Å². The summed E-state index contributed by atoms with van der Waals surface area (Å²) in [4.78, 5) is 34.1. The third kappa shape index (κ3) is 10.5. The van der Waals surface area contributed by atoms with Gasteiger partial charge in [0.1, 0.15) is 0 Å². The molecule has 0 radical (unpaired) electrons. The van der Waals surface area contributed by atoms with Gasteiger partial charge >= 0.3 is 11.9 Å². The summed E-state index contributed by atoms with van der Waals surface area (Å²) in [5.74, 6) is -2.63. The number of carboxylic acids is 1. The van der Waals surface area contributed by atoms with Crippen LogP contribution in [0.1, 0.15) is 46.0 Å². The van der Waals surface area contributed by atoms with Crippen LogP contribution in [0.3, 0.4) is 0 Å². The molecule has 1 atom stereocenters. The Morgan fingerprint density at radius 1 is 1.29 bits per heavy atom. The second-order valence-corrected chi connectivity index (χ2v) is 5.12. The summed E-state index contributed by atoms with van der Waals surface area (Å²) in [6.45, 7) is 7.41. The number of hydrogen-bond acceptors (Lipinski definition) is 4. The number of carbonyl (C=O) groups is 3. The van der Waals surface area contributed by atoms with Gasteiger partial charge in [-0.15, -0.1) is 6.58 Å². The number of hydrogen-bond donors (Lipinski definition) is 1. The monoisotopic (exact) mass is 296 g/mol. The lowest BCUT2D eigenvalue weighted by molar-refractivity contribution is -0.152. The summed E-state index contributed by atoms with van der Waals surface area (Å²) in [5, 5.41) is 9.08. The molecule has 0 aliphatic carbocycles. The number of unbranched alkanes of at least 4 members (excludes halogenated alkanes) is 1. The van der Waals surface area contributed by atoms with Gasteiger partial charge in [-0.2, -0.15) is 0 Å². The number of ketones is 1. The number of carbonyl (C=O) groups excluding carboxylic acids is 2. The highest BCUT2D eigenvalue weighted by Crippen LogP contribution is 2.14. The minimum absolute atomic E-state index is 0.117. The predicted molar refractivity (Wildman–Crippen MR) is 79.8 cm³/mol. The number of allylic oxidation sites excluding steroid dienone is 3. The van der Waals surface area contributed by atoms with E-state index in [4.69, 9.17) is 9.84 Å². The SMILES string of the molecule is C=CCCCOC(=O)CC(CCC(=O)C=C(C)C)C(=O)O. The molecule has 0 aromatic carbocycles. The zero-order chi connectivity index (χ0) is 16.3. The topological polar surface area (TPSA) is 80.7 Å². The molecule has 0 fully saturated rings. The lowest BCUT2D eigenvalue weighted by Crippen LogP contribution is -2.20. The van der Waals surface area contributed by atoms with Crippen LogP contribution in [-0.4, -0.2) is 29.4 Å². The highest BCUT2D eigenvalue weighted by atomic mass is 16.5. The van der Waals surface area contributed by atoms with E-state index in [9.17, 15) is 14.4 Å². The number of rotatable bonds is 11. The minimum atomic E-state index is -1.08. The highest BCUT2D eigenvalue weighted by molar-refractivity contribution is 5.90. The summed E-state index contributed by atoms with van der Waals surface area (Å²) in [5.41, 5.74) is 0.869. The third-order valence-electron chi connectivity index (χ3n) is 2.77. The van der Waals surface area contributed by atoms with Gasteiger partial charge in [-0.05, 0) is 39.2 Å². The van der Waals surface area contributed by atoms with Gasteiger partial charge in [-0.25, -0.2) is 0 Å². The molecule has 0 aromatic heterocycles. The van der Waals surface area contributed by atoms with Crippen LogP contribution in [0.2, 0.25) is 0 Å². The molecule has 0 heterocycles. The Labute approximate surface area is 125 Å². The molecule has 1 N–H and O–H groups in total. The molecule has 0 spiro atoms. The standard InChI is InChI=1S/C16H24O5/c1-4-5-6-9-21-15(18)11-13(16(19)20)7-8-14(17)10-12(2)3/h4,10,13H,1,5-9,11H2,2-3H3,(H,19,20). The first-order valence-corrected chi connectivity index (χ1v) is 7.03. The summed E-state index contributed by atoms with van der Waals surface area (Å²) in [6, 6.07) is 0. The molecule has 0 bridgehead atoms. The Morgan fingerprint density at radius 3 is 2.48 bits per heavy atom. The van der Waals surface area contributed by atoms with Crippen molar-refractivity contribution < 1.29 is 24.2 Å². The zero-order valence-electron chi connectivity index (χ0n) is 12.8. The maximum Gasteiger partial charge on any atom is 0.307 e. The van der Waals surface area contributed by atoms with Crippen LogP contribution in [0, 0.1) is 5.92 Å². The van der Waals surface area contributed by atoms with Crippen molar-refractivity contribution >= 4 is 17.7 Å². The molecule has 0 saturated carbocycles. The van der Waals surface area contributed by atoms with Gasteiger partial charge in [-0.1, -0.05) is 11.6 Å². The average Bonchev–Trinajstić information content (AvgIpc) is 2.38. The maximum atomic E-state index is 11.5. The zero-order valence-corrected chi connectivity index (χ0v) is 12.8. The number of esters is 1. The molecule has 0 aliphatic rings. The van der Waals surface area contributed by atoms with Crippen molar-refractivity contribution in [2.24, 2.45) is 5.92 Å². The summed E-state index contributed by atoms with van der Waals surface area (Å²) < 4.78 is 4.95. The van der Waals surface area contributed by atoms with Gasteiger partial charge in [-0.3, -0.25) is 14.4 Å². The normalized spacial score (nSPS) is 11.3. The van der Waals surface area contributed by atoms with E-state index in [1.807, 2.05) is 0 Å². The molecule has 1 unspecified atom stereocenters. The molecule has 5 heteroatoms. The lowest BCUT2D eigenvalue weighted by atomic mass is 9.97. The lowest BCUT2D eigenvalue weighted by Gasteiger charge is -2.11. The minimum Gasteiger partial charge on any atom is -0.481 e. The highest BCUT2D eigenvalue weighted by Gasteiger charge is 2.22. The van der Waals surface area contributed by atoms with Crippen molar-refractivity contribution in [3.8, 4) is 0 Å². The Kier molecular flexibility index (Phi) is 9.84. The molecule has 21 heavy (non-hydrogen) atoms. The van der Waals surface area contributed by atoms with Crippen molar-refractivity contribution in [3.05, 3.63) is 24.3 Å². The molecular weight excluding hydrogens is 272 g/mol. The number of aliphatic carboxylic acids is 1. The van der Waals surface area contributed by atoms with Crippen LogP contribution in [0.4, 0.5) is 0 Å². The van der Waals surface area contributed by atoms with Crippen LogP contribution in [-0.2, 0) is 19.1 Å². The van der Waals surface area contributed by atoms with E-state index in [1.165, 1.54) is 6.08 Å². The van der Waals surface area contributed by atoms with Crippen molar-refractivity contribution in [2.75, 3.05) is 6.61 Å². The molecule has 0 aliphatic heterocycles. The maximum absolute atomic E-state index is 11.5. The fourth-order valence-electron chi connectivity index (χ4n) is 1.70. The van der Waals surface area contributed by atoms with E-state index in [-0.39, 0.29) is 31.7 Å². The van der Waals surface area contributed by atoms with Crippen LogP contribution >= 0.6 is 0 Å². The Hall–Kier alpha value is -1.91. The van der Waals surface area contributed by atoms with Crippen LogP contribution in [0.5, 0.6) is 0 Å². The van der Waals surface area contributed by atoms with Gasteiger partial charge in [0.2, 0.25) is 0 Å². The van der Waals surface area contributed by atoms with Gasteiger partial charge in [0.15, 0.2) is 5.78 Å². The largest absolute Gasteiger partial charge is 0.481 e. The molecule has 0 aromatic rings. The second kappa shape index (κ2) is 10.8. The Bertz CT molecular complexity index is 405. The predicted octanol–water partition coefficient (Wildman–Crippen LogP) is 2.90. The molecular formula is C16H24O5. The fraction of sp³-hybridized carbons (Fsp3) is 0.562. The molecule has 0 amide bonds. The first kappa shape index (κ1) is 19.1. The second-order valence-electron chi connectivity index (χ2n) is 5.12. The van der Waals surface area contributed by atoms with Gasteiger partial charge in [0, 0.05) is 6.42 Å². The van der Waals surface area contributed by atoms with Crippen LogP contribution in [0.25, 0.3) is 0 Å². The van der Waals surface area contributed by atoms with E-state index in [2.05, 4.69) is 6.58 Å². The van der Waals surface area contributed by atoms with E-state index < -0.39 is 17.9 Å². The first-order valence-electron chi connectivity index (χ1n) is 7.03. The molecule has 5 nitrogen and oxygen atoms in total. The Morgan fingerprint density at radius 2 is 1.95 bits per heavy atom. The smallest absolute Gasteiger partial charge is 0.307 e. The third-order valence-corrected chi connectivity index (χ3v) is 2.77. The fourth-order valence-corrected chi connectivity index (χ4v) is 1.70. The molecule has 0 saturated heterocycles. The van der Waals surface area contributed by atoms with Gasteiger partial charge in [0.25, 0.3) is 0 Å². The van der Waals surface area contributed by atoms with E-state index in [1.54, 1.807) is 19.9 Å². The summed E-state index contributed by atoms with van der Waals surface area (Å²) in [6.07, 6.45) is 4.67. The average molecular weight is 296 g/mol. The van der Waals surface area contributed by atoms with Crippen molar-refractivity contribution in [2.45, 2.75) is 46.0 Å². The van der Waals surface area contributed by atoms with Crippen LogP contribution in [0.15, 0.2) is 24.3 Å². The van der Waals surface area contributed by atoms with Gasteiger partial charge < -0.3 is 9.84 Å². The van der Waals surface area contributed by atoms with Crippen LogP contribution < -0.4 is 0 Å². The van der Waals surface area contributed by atoms with E-state index >= 15 is 0 Å².